The summed E-state index contributed by atoms with van der Waals surface area (Å²) in [6.45, 7) is 0.773. The second kappa shape index (κ2) is 10.1. The normalized spacial score (nSPS) is 16.6. The molecule has 0 amide bonds. The molecule has 0 bridgehead atoms. The highest BCUT2D eigenvalue weighted by Crippen LogP contribution is 2.21. The summed E-state index contributed by atoms with van der Waals surface area (Å²) in [6, 6.07) is 29.4. The van der Waals surface area contributed by atoms with Gasteiger partial charge in [-0.15, -0.1) is 0 Å². The summed E-state index contributed by atoms with van der Waals surface area (Å²) in [6.07, 6.45) is 2.62. The average molecular weight is 401 g/mol. The summed E-state index contributed by atoms with van der Waals surface area (Å²) >= 11 is 0. The van der Waals surface area contributed by atoms with Crippen molar-refractivity contribution < 1.29 is 9.57 Å². The van der Waals surface area contributed by atoms with Crippen LogP contribution >= 0.6 is 0 Å². The first-order valence-electron chi connectivity index (χ1n) is 10.5. The number of methoxy groups -OCH3 is 1. The quantitative estimate of drug-likeness (QED) is 0.562. The van der Waals surface area contributed by atoms with E-state index >= 15 is 0 Å². The van der Waals surface area contributed by atoms with E-state index in [2.05, 4.69) is 77.2 Å². The monoisotopic (exact) mass is 400 g/mol. The molecule has 3 aromatic rings. The zero-order chi connectivity index (χ0) is 20.6. The Bertz CT molecular complexity index is 940. The van der Waals surface area contributed by atoms with Crippen LogP contribution in [0.2, 0.25) is 0 Å². The SMILES string of the molecule is COc1ccc(CNC(Cc2ccccc2)C2CC(Cc3ccccc3)=NO2)cc1. The van der Waals surface area contributed by atoms with Crippen LogP contribution in [-0.2, 0) is 24.2 Å². The van der Waals surface area contributed by atoms with Gasteiger partial charge in [-0.3, -0.25) is 0 Å². The first-order chi connectivity index (χ1) is 14.8. The van der Waals surface area contributed by atoms with Gasteiger partial charge in [0.05, 0.1) is 18.9 Å². The molecule has 0 saturated carbocycles. The number of rotatable bonds is 9. The summed E-state index contributed by atoms with van der Waals surface area (Å²) < 4.78 is 5.26. The summed E-state index contributed by atoms with van der Waals surface area (Å²) in [5, 5.41) is 8.12. The average Bonchev–Trinajstić information content (AvgIpc) is 3.26. The molecule has 4 rings (SSSR count). The van der Waals surface area contributed by atoms with Crippen molar-refractivity contribution in [1.29, 1.82) is 0 Å². The molecule has 0 spiro atoms. The number of benzene rings is 3. The van der Waals surface area contributed by atoms with Gasteiger partial charge in [0, 0.05) is 19.4 Å². The predicted octanol–water partition coefficient (Wildman–Crippen LogP) is 4.78. The highest BCUT2D eigenvalue weighted by atomic mass is 16.6. The van der Waals surface area contributed by atoms with Crippen LogP contribution in [0.5, 0.6) is 5.75 Å². The van der Waals surface area contributed by atoms with Gasteiger partial charge in [-0.25, -0.2) is 0 Å². The number of hydrogen-bond acceptors (Lipinski definition) is 4. The van der Waals surface area contributed by atoms with E-state index in [1.165, 1.54) is 16.7 Å². The molecule has 0 aromatic heterocycles. The molecular formula is C26H28N2O2. The van der Waals surface area contributed by atoms with Crippen LogP contribution < -0.4 is 10.1 Å². The fourth-order valence-corrected chi connectivity index (χ4v) is 3.80. The molecule has 0 aliphatic carbocycles. The van der Waals surface area contributed by atoms with E-state index in [0.29, 0.717) is 0 Å². The van der Waals surface area contributed by atoms with E-state index in [-0.39, 0.29) is 12.1 Å². The van der Waals surface area contributed by atoms with Gasteiger partial charge in [0.2, 0.25) is 0 Å². The van der Waals surface area contributed by atoms with Crippen molar-refractivity contribution in [3.05, 3.63) is 102 Å². The fraction of sp³-hybridized carbons (Fsp3) is 0.269. The Hall–Kier alpha value is -3.11. The van der Waals surface area contributed by atoms with E-state index in [4.69, 9.17) is 9.57 Å². The predicted molar refractivity (Wildman–Crippen MR) is 121 cm³/mol. The second-order valence-electron chi connectivity index (χ2n) is 7.69. The standard InChI is InChI=1S/C26H28N2O2/c1-29-24-14-12-22(13-15-24)19-27-25(17-21-10-6-3-7-11-21)26-18-23(28-30-26)16-20-8-4-2-5-9-20/h2-15,25-27H,16-19H2,1H3. The maximum absolute atomic E-state index is 5.90. The van der Waals surface area contributed by atoms with E-state index in [0.717, 1.165) is 37.3 Å². The van der Waals surface area contributed by atoms with Gasteiger partial charge in [-0.1, -0.05) is 78.0 Å². The van der Waals surface area contributed by atoms with Crippen LogP contribution in [0.25, 0.3) is 0 Å². The van der Waals surface area contributed by atoms with Crippen LogP contribution in [0.3, 0.4) is 0 Å². The number of hydrogen-bond donors (Lipinski definition) is 1. The molecule has 1 heterocycles. The van der Waals surface area contributed by atoms with Crippen LogP contribution in [-0.4, -0.2) is 25.0 Å². The number of oxime groups is 1. The summed E-state index contributed by atoms with van der Waals surface area (Å²) in [5.74, 6) is 0.873. The lowest BCUT2D eigenvalue weighted by Crippen LogP contribution is -2.41. The van der Waals surface area contributed by atoms with E-state index in [9.17, 15) is 0 Å². The van der Waals surface area contributed by atoms with Crippen molar-refractivity contribution in [1.82, 2.24) is 5.32 Å². The maximum atomic E-state index is 5.90. The lowest BCUT2D eigenvalue weighted by Gasteiger charge is -2.23. The fourth-order valence-electron chi connectivity index (χ4n) is 3.80. The lowest BCUT2D eigenvalue weighted by atomic mass is 9.96. The van der Waals surface area contributed by atoms with Crippen LogP contribution in [0.4, 0.5) is 0 Å². The highest BCUT2D eigenvalue weighted by Gasteiger charge is 2.29. The highest BCUT2D eigenvalue weighted by molar-refractivity contribution is 5.87. The smallest absolute Gasteiger partial charge is 0.148 e. The van der Waals surface area contributed by atoms with Crippen molar-refractivity contribution in [2.45, 2.75) is 38.0 Å². The molecule has 4 heteroatoms. The van der Waals surface area contributed by atoms with Crippen LogP contribution in [0.15, 0.2) is 90.1 Å². The molecule has 2 unspecified atom stereocenters. The number of nitrogens with zero attached hydrogens (tertiary/aromatic N) is 1. The molecule has 154 valence electrons. The molecule has 1 aliphatic rings. The Morgan fingerprint density at radius 1 is 0.900 bits per heavy atom. The molecule has 1 aliphatic heterocycles. The zero-order valence-electron chi connectivity index (χ0n) is 17.3. The Kier molecular flexibility index (Phi) is 6.78. The van der Waals surface area contributed by atoms with Crippen molar-refractivity contribution in [2.24, 2.45) is 5.16 Å². The molecule has 0 fully saturated rings. The minimum atomic E-state index is 0.0298. The molecule has 4 nitrogen and oxygen atoms in total. The number of nitrogens with one attached hydrogen (secondary N) is 1. The zero-order valence-corrected chi connectivity index (χ0v) is 17.3. The Balaban J connectivity index is 1.41. The first kappa shape index (κ1) is 20.2. The van der Waals surface area contributed by atoms with Crippen LogP contribution in [0.1, 0.15) is 23.1 Å². The van der Waals surface area contributed by atoms with Crippen molar-refractivity contribution >= 4 is 5.71 Å². The van der Waals surface area contributed by atoms with E-state index in [1.54, 1.807) is 7.11 Å². The van der Waals surface area contributed by atoms with E-state index < -0.39 is 0 Å². The Labute approximate surface area is 178 Å². The van der Waals surface area contributed by atoms with Gasteiger partial charge in [-0.2, -0.15) is 0 Å². The summed E-state index contributed by atoms with van der Waals surface area (Å²) in [5.41, 5.74) is 4.89. The van der Waals surface area contributed by atoms with Crippen molar-refractivity contribution in [3.8, 4) is 5.75 Å². The molecule has 30 heavy (non-hydrogen) atoms. The lowest BCUT2D eigenvalue weighted by molar-refractivity contribution is 0.0546. The Morgan fingerprint density at radius 3 is 2.23 bits per heavy atom. The second-order valence-corrected chi connectivity index (χ2v) is 7.69. The van der Waals surface area contributed by atoms with Gasteiger partial charge in [-0.05, 0) is 35.2 Å². The topological polar surface area (TPSA) is 42.8 Å². The Morgan fingerprint density at radius 2 is 1.57 bits per heavy atom. The maximum Gasteiger partial charge on any atom is 0.148 e. The van der Waals surface area contributed by atoms with Gasteiger partial charge < -0.3 is 14.9 Å². The van der Waals surface area contributed by atoms with Crippen LogP contribution in [0, 0.1) is 0 Å². The molecule has 1 N–H and O–H groups in total. The van der Waals surface area contributed by atoms with Gasteiger partial charge in [0.25, 0.3) is 0 Å². The summed E-state index contributed by atoms with van der Waals surface area (Å²) in [4.78, 5) is 5.90. The summed E-state index contributed by atoms with van der Waals surface area (Å²) in [7, 11) is 1.69. The molecule has 2 atom stereocenters. The molecule has 0 radical (unpaired) electrons. The van der Waals surface area contributed by atoms with Gasteiger partial charge in [0.15, 0.2) is 0 Å². The third kappa shape index (κ3) is 5.49. The first-order valence-corrected chi connectivity index (χ1v) is 10.5. The van der Waals surface area contributed by atoms with Crippen molar-refractivity contribution in [2.75, 3.05) is 7.11 Å². The minimum Gasteiger partial charge on any atom is -0.497 e. The van der Waals surface area contributed by atoms with Gasteiger partial charge in [0.1, 0.15) is 11.9 Å². The molecular weight excluding hydrogens is 372 g/mol. The third-order valence-electron chi connectivity index (χ3n) is 5.48. The molecule has 0 saturated heterocycles. The third-order valence-corrected chi connectivity index (χ3v) is 5.48. The minimum absolute atomic E-state index is 0.0298. The largest absolute Gasteiger partial charge is 0.497 e. The number of ether oxygens (including phenoxy) is 1. The molecule has 3 aromatic carbocycles. The van der Waals surface area contributed by atoms with E-state index in [1.807, 2.05) is 18.2 Å². The van der Waals surface area contributed by atoms with Crippen molar-refractivity contribution in [3.63, 3.8) is 0 Å². The van der Waals surface area contributed by atoms with Gasteiger partial charge >= 0.3 is 0 Å².